The van der Waals surface area contributed by atoms with E-state index in [0.717, 1.165) is 5.56 Å². The molecule has 0 bridgehead atoms. The standard InChI is InChI=1S/C26H23ClFN3O3/c1-16-14-18(11-10-17-8-6-5-7-9-17)15-29-23(16)31-24(32)21-19(27)12-13-20(22(21)28)30-25(33)34-26(2,3)4/h5-9,12-15H,1-4H3,(H,30,33)(H,29,31,32). The number of rotatable bonds is 3. The molecular formula is C26H23ClFN3O3. The number of benzene rings is 2. The van der Waals surface area contributed by atoms with E-state index in [1.165, 1.54) is 18.3 Å². The highest BCUT2D eigenvalue weighted by molar-refractivity contribution is 6.34. The molecule has 2 aromatic carbocycles. The van der Waals surface area contributed by atoms with Crippen LogP contribution in [0.2, 0.25) is 5.02 Å². The first-order valence-corrected chi connectivity index (χ1v) is 10.7. The lowest BCUT2D eigenvalue weighted by Gasteiger charge is -2.20. The van der Waals surface area contributed by atoms with Crippen LogP contribution >= 0.6 is 11.6 Å². The topological polar surface area (TPSA) is 80.3 Å². The number of pyridine rings is 1. The third kappa shape index (κ3) is 6.56. The van der Waals surface area contributed by atoms with E-state index in [4.69, 9.17) is 16.3 Å². The number of halogens is 2. The number of nitrogens with one attached hydrogen (secondary N) is 2. The van der Waals surface area contributed by atoms with Gasteiger partial charge in [-0.15, -0.1) is 0 Å². The molecule has 174 valence electrons. The van der Waals surface area contributed by atoms with Crippen molar-refractivity contribution < 1.29 is 18.7 Å². The lowest BCUT2D eigenvalue weighted by Crippen LogP contribution is -2.27. The molecule has 0 aliphatic carbocycles. The Hall–Kier alpha value is -3.89. The van der Waals surface area contributed by atoms with Crippen molar-refractivity contribution in [2.75, 3.05) is 10.6 Å². The molecule has 1 heterocycles. The monoisotopic (exact) mass is 479 g/mol. The van der Waals surface area contributed by atoms with Crippen LogP contribution in [0, 0.1) is 24.6 Å². The predicted molar refractivity (Wildman–Crippen MR) is 131 cm³/mol. The fraction of sp³-hybridized carbons (Fsp3) is 0.192. The summed E-state index contributed by atoms with van der Waals surface area (Å²) in [5, 5.41) is 4.74. The maximum atomic E-state index is 15.1. The van der Waals surface area contributed by atoms with Crippen molar-refractivity contribution in [2.45, 2.75) is 33.3 Å². The molecule has 3 rings (SSSR count). The molecule has 8 heteroatoms. The van der Waals surface area contributed by atoms with Crippen LogP contribution in [0.5, 0.6) is 0 Å². The van der Waals surface area contributed by atoms with E-state index in [1.807, 2.05) is 30.3 Å². The summed E-state index contributed by atoms with van der Waals surface area (Å²) in [5.41, 5.74) is 0.723. The zero-order valence-electron chi connectivity index (χ0n) is 19.1. The van der Waals surface area contributed by atoms with Crippen molar-refractivity contribution in [3.8, 4) is 11.8 Å². The fourth-order valence-corrected chi connectivity index (χ4v) is 3.11. The average Bonchev–Trinajstić information content (AvgIpc) is 2.75. The number of anilines is 2. The van der Waals surface area contributed by atoms with Gasteiger partial charge in [0.05, 0.1) is 16.3 Å². The maximum absolute atomic E-state index is 15.1. The van der Waals surface area contributed by atoms with Gasteiger partial charge in [0.25, 0.3) is 5.91 Å². The summed E-state index contributed by atoms with van der Waals surface area (Å²) in [6.45, 7) is 6.78. The molecule has 0 unspecified atom stereocenters. The van der Waals surface area contributed by atoms with Crippen molar-refractivity contribution in [1.29, 1.82) is 0 Å². The Morgan fingerprint density at radius 2 is 1.71 bits per heavy atom. The Balaban J connectivity index is 1.79. The minimum Gasteiger partial charge on any atom is -0.444 e. The van der Waals surface area contributed by atoms with Crippen LogP contribution in [-0.4, -0.2) is 22.6 Å². The minimum atomic E-state index is -0.987. The summed E-state index contributed by atoms with van der Waals surface area (Å²) >= 11 is 6.09. The molecule has 3 aromatic rings. The third-order valence-corrected chi connectivity index (χ3v) is 4.70. The van der Waals surface area contributed by atoms with Gasteiger partial charge >= 0.3 is 6.09 Å². The third-order valence-electron chi connectivity index (χ3n) is 4.39. The fourth-order valence-electron chi connectivity index (χ4n) is 2.88. The number of nitrogens with zero attached hydrogens (tertiary/aromatic N) is 1. The number of carbonyl (C=O) groups is 2. The Bertz CT molecular complexity index is 1290. The number of ether oxygens (including phenoxy) is 1. The van der Waals surface area contributed by atoms with Gasteiger partial charge in [0.15, 0.2) is 5.82 Å². The number of hydrogen-bond donors (Lipinski definition) is 2. The lowest BCUT2D eigenvalue weighted by molar-refractivity contribution is 0.0634. The zero-order valence-corrected chi connectivity index (χ0v) is 19.9. The van der Waals surface area contributed by atoms with Crippen molar-refractivity contribution in [1.82, 2.24) is 4.98 Å². The Labute approximate surface area is 202 Å². The van der Waals surface area contributed by atoms with Crippen molar-refractivity contribution in [3.63, 3.8) is 0 Å². The van der Waals surface area contributed by atoms with E-state index in [9.17, 15) is 9.59 Å². The highest BCUT2D eigenvalue weighted by Gasteiger charge is 2.23. The van der Waals surface area contributed by atoms with Crippen LogP contribution in [0.1, 0.15) is 47.8 Å². The average molecular weight is 480 g/mol. The number of aromatic nitrogens is 1. The molecule has 2 amide bonds. The summed E-state index contributed by atoms with van der Waals surface area (Å²) < 4.78 is 20.2. The van der Waals surface area contributed by atoms with Gasteiger partial charge < -0.3 is 10.1 Å². The van der Waals surface area contributed by atoms with E-state index in [1.54, 1.807) is 33.8 Å². The summed E-state index contributed by atoms with van der Waals surface area (Å²) in [7, 11) is 0. The minimum absolute atomic E-state index is 0.118. The van der Waals surface area contributed by atoms with Crippen molar-refractivity contribution >= 4 is 35.1 Å². The second-order valence-corrected chi connectivity index (χ2v) is 8.78. The van der Waals surface area contributed by atoms with Crippen LogP contribution in [-0.2, 0) is 4.74 Å². The van der Waals surface area contributed by atoms with Gasteiger partial charge in [-0.3, -0.25) is 10.1 Å². The second-order valence-electron chi connectivity index (χ2n) is 8.37. The smallest absolute Gasteiger partial charge is 0.412 e. The van der Waals surface area contributed by atoms with Crippen molar-refractivity contribution in [2.24, 2.45) is 0 Å². The largest absolute Gasteiger partial charge is 0.444 e. The van der Waals surface area contributed by atoms with E-state index in [0.29, 0.717) is 11.1 Å². The van der Waals surface area contributed by atoms with Gasteiger partial charge in [-0.1, -0.05) is 41.6 Å². The first-order chi connectivity index (χ1) is 16.0. The number of amides is 2. The molecule has 2 N–H and O–H groups in total. The van der Waals surface area contributed by atoms with E-state index < -0.39 is 29.0 Å². The molecule has 0 atom stereocenters. The first-order valence-electron chi connectivity index (χ1n) is 10.4. The van der Waals surface area contributed by atoms with Gasteiger partial charge in [0.2, 0.25) is 0 Å². The Morgan fingerprint density at radius 3 is 2.35 bits per heavy atom. The molecule has 0 fully saturated rings. The SMILES string of the molecule is Cc1cc(C#Cc2ccccc2)cnc1NC(=O)c1c(Cl)ccc(NC(=O)OC(C)(C)C)c1F. The van der Waals surface area contributed by atoms with Crippen LogP contribution < -0.4 is 10.6 Å². The van der Waals surface area contributed by atoms with Gasteiger partial charge in [0, 0.05) is 17.3 Å². The van der Waals surface area contributed by atoms with Crippen molar-refractivity contribution in [3.05, 3.63) is 87.8 Å². The van der Waals surface area contributed by atoms with Crippen LogP contribution in [0.15, 0.2) is 54.7 Å². The molecule has 0 saturated carbocycles. The number of hydrogen-bond acceptors (Lipinski definition) is 4. The van der Waals surface area contributed by atoms with Crippen LogP contribution in [0.25, 0.3) is 0 Å². The first kappa shape index (κ1) is 24.7. The summed E-state index contributed by atoms with van der Waals surface area (Å²) in [4.78, 5) is 29.1. The zero-order chi connectivity index (χ0) is 24.9. The molecule has 0 aliphatic heterocycles. The van der Waals surface area contributed by atoms with Gasteiger partial charge in [0.1, 0.15) is 11.4 Å². The van der Waals surface area contributed by atoms with E-state index in [2.05, 4.69) is 27.5 Å². The molecule has 0 radical (unpaired) electrons. The van der Waals surface area contributed by atoms with E-state index in [-0.39, 0.29) is 16.5 Å². The molecule has 0 saturated heterocycles. The molecule has 34 heavy (non-hydrogen) atoms. The maximum Gasteiger partial charge on any atom is 0.412 e. The second kappa shape index (κ2) is 10.4. The summed E-state index contributed by atoms with van der Waals surface area (Å²) in [6.07, 6.45) is 0.654. The summed E-state index contributed by atoms with van der Waals surface area (Å²) in [6, 6.07) is 13.8. The molecule has 0 aliphatic rings. The molecule has 1 aromatic heterocycles. The quantitative estimate of drug-likeness (QED) is 0.439. The molecule has 0 spiro atoms. The van der Waals surface area contributed by atoms with E-state index >= 15 is 4.39 Å². The molecular weight excluding hydrogens is 457 g/mol. The number of aryl methyl sites for hydroxylation is 1. The van der Waals surface area contributed by atoms with Crippen LogP contribution in [0.3, 0.4) is 0 Å². The van der Waals surface area contributed by atoms with Gasteiger partial charge in [-0.2, -0.15) is 0 Å². The highest BCUT2D eigenvalue weighted by Crippen LogP contribution is 2.27. The lowest BCUT2D eigenvalue weighted by atomic mass is 10.1. The molecule has 6 nitrogen and oxygen atoms in total. The number of carbonyl (C=O) groups excluding carboxylic acids is 2. The van der Waals surface area contributed by atoms with Gasteiger partial charge in [-0.25, -0.2) is 14.2 Å². The predicted octanol–water partition coefficient (Wildman–Crippen LogP) is 6.18. The Kier molecular flexibility index (Phi) is 7.54. The van der Waals surface area contributed by atoms with Gasteiger partial charge in [-0.05, 0) is 63.6 Å². The normalized spacial score (nSPS) is 10.6. The Morgan fingerprint density at radius 1 is 1.03 bits per heavy atom. The highest BCUT2D eigenvalue weighted by atomic mass is 35.5. The van der Waals surface area contributed by atoms with Crippen LogP contribution in [0.4, 0.5) is 20.7 Å². The summed E-state index contributed by atoms with van der Waals surface area (Å²) in [5.74, 6) is 4.49.